The van der Waals surface area contributed by atoms with Crippen LogP contribution in [0, 0.1) is 0 Å². The van der Waals surface area contributed by atoms with Gasteiger partial charge in [0.05, 0.1) is 5.69 Å². The van der Waals surface area contributed by atoms with Crippen LogP contribution in [0.25, 0.3) is 11.0 Å². The van der Waals surface area contributed by atoms with Crippen LogP contribution >= 0.6 is 22.9 Å². The number of halogens is 1. The largest absolute Gasteiger partial charge is 0.348 e. The summed E-state index contributed by atoms with van der Waals surface area (Å²) in [4.78, 5) is 16.7. The third kappa shape index (κ3) is 2.91. The summed E-state index contributed by atoms with van der Waals surface area (Å²) >= 11 is 7.52. The molecule has 0 bridgehead atoms. The fourth-order valence-electron chi connectivity index (χ4n) is 1.49. The number of carbonyl (C=O) groups is 1. The van der Waals surface area contributed by atoms with E-state index in [2.05, 4.69) is 10.3 Å². The summed E-state index contributed by atoms with van der Waals surface area (Å²) in [6.45, 7) is 5.80. The normalized spacial score (nSPS) is 12.4. The SMILES string of the molecule is CC(C)(C)NC(=O)/C=C/c1c(Cl)nc2sccn12. The Bertz CT molecular complexity index is 606. The number of aromatic nitrogens is 2. The Balaban J connectivity index is 2.20. The second-order valence-electron chi connectivity index (χ2n) is 4.92. The first-order chi connectivity index (χ1) is 8.37. The Morgan fingerprint density at radius 2 is 2.28 bits per heavy atom. The number of hydrogen-bond donors (Lipinski definition) is 1. The number of carbonyl (C=O) groups excluding carboxylic acids is 1. The number of imidazole rings is 1. The quantitative estimate of drug-likeness (QED) is 0.861. The molecule has 0 saturated heterocycles. The second kappa shape index (κ2) is 4.74. The highest BCUT2D eigenvalue weighted by Gasteiger charge is 2.12. The van der Waals surface area contributed by atoms with Crippen LogP contribution in [0.15, 0.2) is 17.7 Å². The highest BCUT2D eigenvalue weighted by atomic mass is 35.5. The Labute approximate surface area is 114 Å². The molecule has 0 aliphatic carbocycles. The van der Waals surface area contributed by atoms with E-state index in [0.29, 0.717) is 5.15 Å². The molecule has 0 radical (unpaired) electrons. The van der Waals surface area contributed by atoms with E-state index in [1.165, 1.54) is 17.4 Å². The van der Waals surface area contributed by atoms with Crippen molar-refractivity contribution < 1.29 is 4.79 Å². The Kier molecular flexibility index (Phi) is 3.45. The third-order valence-corrected chi connectivity index (χ3v) is 3.18. The zero-order chi connectivity index (χ0) is 13.3. The van der Waals surface area contributed by atoms with Crippen molar-refractivity contribution in [1.29, 1.82) is 0 Å². The number of nitrogens with one attached hydrogen (secondary N) is 1. The average molecular weight is 284 g/mol. The molecular weight excluding hydrogens is 270 g/mol. The lowest BCUT2D eigenvalue weighted by atomic mass is 10.1. The molecule has 2 rings (SSSR count). The van der Waals surface area contributed by atoms with Crippen molar-refractivity contribution in [2.24, 2.45) is 0 Å². The minimum absolute atomic E-state index is 0.149. The van der Waals surface area contributed by atoms with Crippen LogP contribution in [0.4, 0.5) is 0 Å². The molecule has 0 spiro atoms. The van der Waals surface area contributed by atoms with E-state index in [1.54, 1.807) is 6.08 Å². The number of fused-ring (bicyclic) bond motifs is 1. The van der Waals surface area contributed by atoms with Gasteiger partial charge in [-0.05, 0) is 26.8 Å². The second-order valence-corrected chi connectivity index (χ2v) is 6.15. The number of nitrogens with zero attached hydrogens (tertiary/aromatic N) is 2. The van der Waals surface area contributed by atoms with Crippen molar-refractivity contribution in [2.45, 2.75) is 26.3 Å². The van der Waals surface area contributed by atoms with Crippen LogP contribution in [0.5, 0.6) is 0 Å². The van der Waals surface area contributed by atoms with Crippen molar-refractivity contribution in [3.05, 3.63) is 28.5 Å². The summed E-state index contributed by atoms with van der Waals surface area (Å²) in [6.07, 6.45) is 5.02. The minimum atomic E-state index is -0.250. The Hall–Kier alpha value is -1.33. The zero-order valence-electron chi connectivity index (χ0n) is 10.4. The van der Waals surface area contributed by atoms with Crippen molar-refractivity contribution in [2.75, 3.05) is 0 Å². The number of hydrogen-bond acceptors (Lipinski definition) is 3. The highest BCUT2D eigenvalue weighted by Crippen LogP contribution is 2.22. The van der Waals surface area contributed by atoms with E-state index in [4.69, 9.17) is 11.6 Å². The predicted molar refractivity (Wildman–Crippen MR) is 75.0 cm³/mol. The topological polar surface area (TPSA) is 46.4 Å². The summed E-state index contributed by atoms with van der Waals surface area (Å²) in [7, 11) is 0. The van der Waals surface area contributed by atoms with Gasteiger partial charge in [0.25, 0.3) is 0 Å². The van der Waals surface area contributed by atoms with Crippen LogP contribution in [0.2, 0.25) is 5.15 Å². The van der Waals surface area contributed by atoms with Gasteiger partial charge >= 0.3 is 0 Å². The van der Waals surface area contributed by atoms with Crippen LogP contribution < -0.4 is 5.32 Å². The average Bonchev–Trinajstić information content (AvgIpc) is 2.72. The molecule has 0 atom stereocenters. The minimum Gasteiger partial charge on any atom is -0.348 e. The van der Waals surface area contributed by atoms with Gasteiger partial charge in [-0.1, -0.05) is 11.6 Å². The van der Waals surface area contributed by atoms with Crippen LogP contribution in [-0.4, -0.2) is 20.8 Å². The molecular formula is C12H14ClN3OS. The first kappa shape index (κ1) is 13.1. The lowest BCUT2D eigenvalue weighted by Crippen LogP contribution is -2.39. The molecule has 0 unspecified atom stereocenters. The molecule has 4 nitrogen and oxygen atoms in total. The lowest BCUT2D eigenvalue weighted by molar-refractivity contribution is -0.117. The van der Waals surface area contributed by atoms with Crippen molar-refractivity contribution in [3.63, 3.8) is 0 Å². The molecule has 6 heteroatoms. The zero-order valence-corrected chi connectivity index (χ0v) is 12.0. The van der Waals surface area contributed by atoms with E-state index < -0.39 is 0 Å². The maximum Gasteiger partial charge on any atom is 0.244 e. The van der Waals surface area contributed by atoms with E-state index in [-0.39, 0.29) is 11.4 Å². The summed E-state index contributed by atoms with van der Waals surface area (Å²) in [5, 5.41) is 5.17. The van der Waals surface area contributed by atoms with Crippen LogP contribution in [-0.2, 0) is 4.79 Å². The molecule has 0 saturated carbocycles. The summed E-state index contributed by atoms with van der Waals surface area (Å²) in [5.74, 6) is -0.149. The maximum atomic E-state index is 11.7. The van der Waals surface area contributed by atoms with Crippen molar-refractivity contribution in [1.82, 2.24) is 14.7 Å². The van der Waals surface area contributed by atoms with E-state index in [1.807, 2.05) is 36.7 Å². The Morgan fingerprint density at radius 3 is 2.94 bits per heavy atom. The number of thiazole rings is 1. The van der Waals surface area contributed by atoms with Gasteiger partial charge in [-0.2, -0.15) is 0 Å². The van der Waals surface area contributed by atoms with Gasteiger partial charge in [0.2, 0.25) is 5.91 Å². The Morgan fingerprint density at radius 1 is 1.56 bits per heavy atom. The molecule has 0 aliphatic rings. The molecule has 2 aromatic heterocycles. The smallest absolute Gasteiger partial charge is 0.244 e. The van der Waals surface area contributed by atoms with Gasteiger partial charge in [-0.25, -0.2) is 4.98 Å². The van der Waals surface area contributed by atoms with E-state index in [9.17, 15) is 4.79 Å². The van der Waals surface area contributed by atoms with Gasteiger partial charge in [-0.3, -0.25) is 9.20 Å². The number of amides is 1. The fourth-order valence-corrected chi connectivity index (χ4v) is 2.50. The number of rotatable bonds is 2. The maximum absolute atomic E-state index is 11.7. The fraction of sp³-hybridized carbons (Fsp3) is 0.333. The van der Waals surface area contributed by atoms with E-state index >= 15 is 0 Å². The highest BCUT2D eigenvalue weighted by molar-refractivity contribution is 7.15. The van der Waals surface area contributed by atoms with Gasteiger partial charge < -0.3 is 5.32 Å². The van der Waals surface area contributed by atoms with Gasteiger partial charge in [0.15, 0.2) is 10.1 Å². The molecule has 0 aromatic carbocycles. The molecule has 1 amide bonds. The van der Waals surface area contributed by atoms with E-state index in [0.717, 1.165) is 10.7 Å². The van der Waals surface area contributed by atoms with Gasteiger partial charge in [0, 0.05) is 23.2 Å². The predicted octanol–water partition coefficient (Wildman–Crippen LogP) is 2.98. The van der Waals surface area contributed by atoms with Crippen LogP contribution in [0.3, 0.4) is 0 Å². The van der Waals surface area contributed by atoms with Gasteiger partial charge in [-0.15, -0.1) is 11.3 Å². The standard InChI is InChI=1S/C12H14ClN3OS/c1-12(2,3)15-9(17)5-4-8-10(13)14-11-16(8)6-7-18-11/h4-7H,1-3H3,(H,15,17)/b5-4+. The summed E-state index contributed by atoms with van der Waals surface area (Å²) < 4.78 is 1.86. The van der Waals surface area contributed by atoms with Crippen LogP contribution in [0.1, 0.15) is 26.5 Å². The summed E-state index contributed by atoms with van der Waals surface area (Å²) in [6, 6.07) is 0. The van der Waals surface area contributed by atoms with Crippen molar-refractivity contribution >= 4 is 39.9 Å². The van der Waals surface area contributed by atoms with Crippen molar-refractivity contribution in [3.8, 4) is 0 Å². The third-order valence-electron chi connectivity index (χ3n) is 2.14. The molecule has 0 fully saturated rings. The summed E-state index contributed by atoms with van der Waals surface area (Å²) in [5.41, 5.74) is 0.470. The molecule has 18 heavy (non-hydrogen) atoms. The molecule has 2 aromatic rings. The molecule has 2 heterocycles. The lowest BCUT2D eigenvalue weighted by Gasteiger charge is -2.18. The first-order valence-corrected chi connectivity index (χ1v) is 6.74. The van der Waals surface area contributed by atoms with Gasteiger partial charge in [0.1, 0.15) is 0 Å². The monoisotopic (exact) mass is 283 g/mol. The molecule has 96 valence electrons. The molecule has 1 N–H and O–H groups in total. The molecule has 0 aliphatic heterocycles. The first-order valence-electron chi connectivity index (χ1n) is 5.48.